The van der Waals surface area contributed by atoms with E-state index in [0.29, 0.717) is 41.0 Å². The molecular formula is C26H22N4O2S2. The summed E-state index contributed by atoms with van der Waals surface area (Å²) < 4.78 is 7.48. The summed E-state index contributed by atoms with van der Waals surface area (Å²) in [6.07, 6.45) is 2.29. The smallest absolute Gasteiger partial charge is 0.263 e. The molecule has 0 N–H and O–H groups in total. The van der Waals surface area contributed by atoms with E-state index in [2.05, 4.69) is 28.9 Å². The van der Waals surface area contributed by atoms with Crippen LogP contribution in [0.5, 0.6) is 0 Å². The van der Waals surface area contributed by atoms with Crippen molar-refractivity contribution in [1.29, 1.82) is 0 Å². The quantitative estimate of drug-likeness (QED) is 0.155. The fourth-order valence-corrected chi connectivity index (χ4v) is 5.50. The van der Waals surface area contributed by atoms with Gasteiger partial charge >= 0.3 is 0 Å². The molecule has 170 valence electrons. The standard InChI is InChI=1S/C26H22N4O2S2/c1-3-13-30-25(31)23-20(19-11-9-17(2)10-12-19)15-33-24(23)27-26(30)34-16-22-29-28-21(32-22)14-18-7-5-4-6-8-18/h3-12,15H,1,13-14,16H2,2H3. The van der Waals surface area contributed by atoms with E-state index < -0.39 is 0 Å². The number of thioether (sulfide) groups is 1. The zero-order valence-electron chi connectivity index (χ0n) is 18.6. The summed E-state index contributed by atoms with van der Waals surface area (Å²) in [6.45, 7) is 6.24. The Labute approximate surface area is 205 Å². The molecule has 0 radical (unpaired) electrons. The molecule has 8 heteroatoms. The largest absolute Gasteiger partial charge is 0.424 e. The van der Waals surface area contributed by atoms with Gasteiger partial charge in [0.05, 0.1) is 17.6 Å². The van der Waals surface area contributed by atoms with Crippen LogP contribution >= 0.6 is 23.1 Å². The molecule has 0 aliphatic carbocycles. The van der Waals surface area contributed by atoms with E-state index in [9.17, 15) is 4.79 Å². The summed E-state index contributed by atoms with van der Waals surface area (Å²) >= 11 is 2.89. The SMILES string of the molecule is C=CCn1c(SCc2nnc(Cc3ccccc3)o2)nc2scc(-c3ccc(C)cc3)c2c1=O. The second-order valence-electron chi connectivity index (χ2n) is 7.83. The van der Waals surface area contributed by atoms with Crippen LogP contribution in [0.3, 0.4) is 0 Å². The van der Waals surface area contributed by atoms with Crippen molar-refractivity contribution in [3.05, 3.63) is 106 Å². The van der Waals surface area contributed by atoms with E-state index in [1.807, 2.05) is 54.8 Å². The van der Waals surface area contributed by atoms with Gasteiger partial charge < -0.3 is 4.42 Å². The molecule has 34 heavy (non-hydrogen) atoms. The van der Waals surface area contributed by atoms with Crippen LogP contribution in [0.15, 0.2) is 87.0 Å². The molecule has 0 saturated heterocycles. The minimum Gasteiger partial charge on any atom is -0.424 e. The van der Waals surface area contributed by atoms with E-state index in [-0.39, 0.29) is 5.56 Å². The van der Waals surface area contributed by atoms with E-state index in [1.165, 1.54) is 28.7 Å². The summed E-state index contributed by atoms with van der Waals surface area (Å²) in [5.41, 5.74) is 4.14. The molecule has 0 atom stereocenters. The van der Waals surface area contributed by atoms with Gasteiger partial charge in [-0.15, -0.1) is 28.1 Å². The molecule has 3 heterocycles. The van der Waals surface area contributed by atoms with Crippen LogP contribution in [0, 0.1) is 6.92 Å². The van der Waals surface area contributed by atoms with Crippen LogP contribution in [0.2, 0.25) is 0 Å². The second kappa shape index (κ2) is 9.79. The predicted molar refractivity (Wildman–Crippen MR) is 137 cm³/mol. The van der Waals surface area contributed by atoms with Crippen molar-refractivity contribution in [2.45, 2.75) is 30.8 Å². The third kappa shape index (κ3) is 4.60. The zero-order valence-corrected chi connectivity index (χ0v) is 20.2. The average molecular weight is 487 g/mol. The number of benzene rings is 2. The third-order valence-corrected chi connectivity index (χ3v) is 7.20. The first kappa shape index (κ1) is 22.3. The molecule has 0 fully saturated rings. The highest BCUT2D eigenvalue weighted by Crippen LogP contribution is 2.33. The minimum absolute atomic E-state index is 0.0699. The molecule has 0 bridgehead atoms. The Balaban J connectivity index is 1.42. The predicted octanol–water partition coefficient (Wildman–Crippen LogP) is 5.89. The Morgan fingerprint density at radius 1 is 1.09 bits per heavy atom. The molecule has 5 aromatic rings. The van der Waals surface area contributed by atoms with Gasteiger partial charge in [-0.1, -0.05) is 78.0 Å². The maximum Gasteiger partial charge on any atom is 0.263 e. The van der Waals surface area contributed by atoms with Crippen molar-refractivity contribution in [2.24, 2.45) is 0 Å². The van der Waals surface area contributed by atoms with E-state index >= 15 is 0 Å². The number of rotatable bonds is 8. The first-order chi connectivity index (χ1) is 16.6. The molecule has 5 rings (SSSR count). The molecule has 0 aliphatic rings. The minimum atomic E-state index is -0.0699. The van der Waals surface area contributed by atoms with Crippen LogP contribution in [-0.4, -0.2) is 19.7 Å². The van der Waals surface area contributed by atoms with Crippen molar-refractivity contribution in [3.8, 4) is 11.1 Å². The van der Waals surface area contributed by atoms with E-state index in [4.69, 9.17) is 9.40 Å². The van der Waals surface area contributed by atoms with Gasteiger partial charge in [-0.25, -0.2) is 4.98 Å². The second-order valence-corrected chi connectivity index (χ2v) is 9.64. The van der Waals surface area contributed by atoms with Crippen LogP contribution < -0.4 is 5.56 Å². The summed E-state index contributed by atoms with van der Waals surface area (Å²) in [7, 11) is 0. The topological polar surface area (TPSA) is 73.8 Å². The fraction of sp³-hybridized carbons (Fsp3) is 0.154. The van der Waals surface area contributed by atoms with Crippen molar-refractivity contribution in [3.63, 3.8) is 0 Å². The lowest BCUT2D eigenvalue weighted by molar-refractivity contribution is 0.473. The van der Waals surface area contributed by atoms with Crippen molar-refractivity contribution >= 4 is 33.3 Å². The van der Waals surface area contributed by atoms with Gasteiger partial charge in [0.2, 0.25) is 11.8 Å². The van der Waals surface area contributed by atoms with E-state index in [0.717, 1.165) is 21.5 Å². The Hall–Kier alpha value is -3.49. The van der Waals surface area contributed by atoms with Gasteiger partial charge in [-0.3, -0.25) is 9.36 Å². The van der Waals surface area contributed by atoms with Crippen molar-refractivity contribution in [2.75, 3.05) is 0 Å². The van der Waals surface area contributed by atoms with E-state index in [1.54, 1.807) is 10.6 Å². The number of allylic oxidation sites excluding steroid dienone is 1. The number of aromatic nitrogens is 4. The number of aryl methyl sites for hydroxylation is 1. The number of hydrogen-bond acceptors (Lipinski definition) is 7. The summed E-state index contributed by atoms with van der Waals surface area (Å²) in [5.74, 6) is 1.49. The maximum atomic E-state index is 13.5. The van der Waals surface area contributed by atoms with Crippen LogP contribution in [0.25, 0.3) is 21.3 Å². The number of hydrogen-bond donors (Lipinski definition) is 0. The summed E-state index contributed by atoms with van der Waals surface area (Å²) in [4.78, 5) is 19.0. The normalized spacial score (nSPS) is 11.2. The maximum absolute atomic E-state index is 13.5. The number of fused-ring (bicyclic) bond motifs is 1. The average Bonchev–Trinajstić information content (AvgIpc) is 3.48. The molecule has 0 amide bonds. The molecule has 3 aromatic heterocycles. The third-order valence-electron chi connectivity index (χ3n) is 5.36. The first-order valence-electron chi connectivity index (χ1n) is 10.8. The van der Waals surface area contributed by atoms with Crippen LogP contribution in [0.1, 0.15) is 22.9 Å². The number of thiophene rings is 1. The lowest BCUT2D eigenvalue weighted by atomic mass is 10.1. The summed E-state index contributed by atoms with van der Waals surface area (Å²) in [5, 5.41) is 11.6. The highest BCUT2D eigenvalue weighted by molar-refractivity contribution is 7.98. The monoisotopic (exact) mass is 486 g/mol. The highest BCUT2D eigenvalue weighted by Gasteiger charge is 2.18. The van der Waals surface area contributed by atoms with Gasteiger partial charge in [0, 0.05) is 17.5 Å². The molecule has 2 aromatic carbocycles. The highest BCUT2D eigenvalue weighted by atomic mass is 32.2. The zero-order chi connectivity index (χ0) is 23.5. The van der Waals surface area contributed by atoms with Gasteiger partial charge in [-0.2, -0.15) is 0 Å². The van der Waals surface area contributed by atoms with Crippen LogP contribution in [-0.2, 0) is 18.7 Å². The fourth-order valence-electron chi connectivity index (χ4n) is 3.67. The molecule has 0 saturated carbocycles. The molecule has 0 unspecified atom stereocenters. The Bertz CT molecular complexity index is 1500. The Morgan fingerprint density at radius 3 is 2.62 bits per heavy atom. The Morgan fingerprint density at radius 2 is 1.85 bits per heavy atom. The van der Waals surface area contributed by atoms with Gasteiger partial charge in [0.1, 0.15) is 4.83 Å². The van der Waals surface area contributed by atoms with Crippen molar-refractivity contribution in [1.82, 2.24) is 19.7 Å². The van der Waals surface area contributed by atoms with Crippen molar-refractivity contribution < 1.29 is 4.42 Å². The molecule has 0 spiro atoms. The van der Waals surface area contributed by atoms with Gasteiger partial charge in [0.15, 0.2) is 5.16 Å². The van der Waals surface area contributed by atoms with Crippen LogP contribution in [0.4, 0.5) is 0 Å². The lowest BCUT2D eigenvalue weighted by Crippen LogP contribution is -2.22. The molecular weight excluding hydrogens is 464 g/mol. The molecule has 0 aliphatic heterocycles. The first-order valence-corrected chi connectivity index (χ1v) is 12.7. The lowest BCUT2D eigenvalue weighted by Gasteiger charge is -2.10. The van der Waals surface area contributed by atoms with Gasteiger partial charge in [0.25, 0.3) is 5.56 Å². The summed E-state index contributed by atoms with van der Waals surface area (Å²) in [6, 6.07) is 18.2. The van der Waals surface area contributed by atoms with Gasteiger partial charge in [-0.05, 0) is 18.1 Å². The Kier molecular flexibility index (Phi) is 6.42. The number of nitrogens with zero attached hydrogens (tertiary/aromatic N) is 4. The molecule has 6 nitrogen and oxygen atoms in total.